The Morgan fingerprint density at radius 1 is 0.290 bits per heavy atom. The van der Waals surface area contributed by atoms with Crippen LogP contribution in [0.25, 0.3) is 88.0 Å². The van der Waals surface area contributed by atoms with E-state index in [1.54, 1.807) is 0 Å². The fourth-order valence-electron chi connectivity index (χ4n) is 9.41. The van der Waals surface area contributed by atoms with Crippen LogP contribution < -0.4 is 4.90 Å². The lowest BCUT2D eigenvalue weighted by molar-refractivity contribution is 1.18. The van der Waals surface area contributed by atoms with Crippen molar-refractivity contribution in [3.8, 4) is 33.6 Å². The number of hydrogen-bond donors (Lipinski definition) is 0. The topological polar surface area (TPSA) is 13.1 Å². The van der Waals surface area contributed by atoms with Crippen LogP contribution in [0.5, 0.6) is 0 Å². The molecular formula is C58H38ClN3. The van der Waals surface area contributed by atoms with Crippen molar-refractivity contribution in [2.24, 2.45) is 0 Å². The molecule has 0 unspecified atom stereocenters. The minimum atomic E-state index is 0.724. The van der Waals surface area contributed by atoms with E-state index in [1.807, 2.05) is 6.07 Å². The first kappa shape index (κ1) is 36.0. The summed E-state index contributed by atoms with van der Waals surface area (Å²) in [6.07, 6.45) is 0. The molecule has 0 spiro atoms. The molecule has 12 aromatic rings. The van der Waals surface area contributed by atoms with Gasteiger partial charge in [0.2, 0.25) is 0 Å². The summed E-state index contributed by atoms with van der Waals surface area (Å²) >= 11 is 6.70. The summed E-state index contributed by atoms with van der Waals surface area (Å²) in [6.45, 7) is 0. The predicted octanol–water partition coefficient (Wildman–Crippen LogP) is 16.5. The number of halogens is 1. The van der Waals surface area contributed by atoms with E-state index in [-0.39, 0.29) is 0 Å². The number of fused-ring (bicyclic) bond motifs is 7. The number of para-hydroxylation sites is 3. The van der Waals surface area contributed by atoms with Crippen molar-refractivity contribution >= 4 is 83.0 Å². The van der Waals surface area contributed by atoms with E-state index in [9.17, 15) is 0 Å². The van der Waals surface area contributed by atoms with Crippen LogP contribution in [-0.2, 0) is 0 Å². The van der Waals surface area contributed by atoms with Gasteiger partial charge in [-0.1, -0.05) is 133 Å². The summed E-state index contributed by atoms with van der Waals surface area (Å²) < 4.78 is 4.72. The highest BCUT2D eigenvalue weighted by Crippen LogP contribution is 2.40. The monoisotopic (exact) mass is 811 g/mol. The number of benzene rings is 10. The van der Waals surface area contributed by atoms with Gasteiger partial charge in [0.05, 0.1) is 22.1 Å². The van der Waals surface area contributed by atoms with Gasteiger partial charge >= 0.3 is 0 Å². The van der Waals surface area contributed by atoms with Crippen molar-refractivity contribution in [2.45, 2.75) is 0 Å². The molecule has 12 rings (SSSR count). The second-order valence-electron chi connectivity index (χ2n) is 15.9. The molecule has 0 saturated heterocycles. The van der Waals surface area contributed by atoms with Crippen molar-refractivity contribution in [1.82, 2.24) is 9.13 Å². The van der Waals surface area contributed by atoms with Gasteiger partial charge in [-0.2, -0.15) is 0 Å². The van der Waals surface area contributed by atoms with Gasteiger partial charge in [-0.25, -0.2) is 0 Å². The summed E-state index contributed by atoms with van der Waals surface area (Å²) in [5.41, 5.74) is 14.9. The molecule has 2 aromatic heterocycles. The smallest absolute Gasteiger partial charge is 0.0542 e. The first-order chi connectivity index (χ1) is 30.6. The molecule has 0 saturated carbocycles. The van der Waals surface area contributed by atoms with E-state index in [1.165, 1.54) is 49.1 Å². The second-order valence-corrected chi connectivity index (χ2v) is 16.4. The summed E-state index contributed by atoms with van der Waals surface area (Å²) in [7, 11) is 0. The zero-order valence-electron chi connectivity index (χ0n) is 33.7. The van der Waals surface area contributed by atoms with Gasteiger partial charge in [0.25, 0.3) is 0 Å². The highest BCUT2D eigenvalue weighted by atomic mass is 35.5. The standard InChI is InChI=1S/C58H38ClN3/c59-45-26-34-58-54(38-45)53-37-44(43-24-32-56-52(36-43)51-17-9-10-18-55(51)61(56)47-15-5-2-6-16-47)25-33-57(53)62(58)49-29-21-41(22-30-49)40-19-27-48(28-20-40)60(46-13-3-1-4-14-46)50-31-23-39-11-7-8-12-42(39)35-50/h1-38H. The maximum atomic E-state index is 6.70. The van der Waals surface area contributed by atoms with Gasteiger partial charge in [-0.15, -0.1) is 0 Å². The third-order valence-electron chi connectivity index (χ3n) is 12.3. The predicted molar refractivity (Wildman–Crippen MR) is 263 cm³/mol. The van der Waals surface area contributed by atoms with E-state index >= 15 is 0 Å². The van der Waals surface area contributed by atoms with Gasteiger partial charge in [0.15, 0.2) is 0 Å². The number of aromatic nitrogens is 2. The lowest BCUT2D eigenvalue weighted by atomic mass is 10.0. The van der Waals surface area contributed by atoms with Crippen LogP contribution in [0.1, 0.15) is 0 Å². The first-order valence-corrected chi connectivity index (χ1v) is 21.4. The van der Waals surface area contributed by atoms with Gasteiger partial charge in [-0.3, -0.25) is 0 Å². The van der Waals surface area contributed by atoms with Crippen molar-refractivity contribution in [3.63, 3.8) is 0 Å². The largest absolute Gasteiger partial charge is 0.310 e. The molecule has 0 aliphatic rings. The van der Waals surface area contributed by atoms with Gasteiger partial charge in [0.1, 0.15) is 0 Å². The zero-order chi connectivity index (χ0) is 41.1. The van der Waals surface area contributed by atoms with Crippen LogP contribution in [0, 0.1) is 0 Å². The van der Waals surface area contributed by atoms with E-state index < -0.39 is 0 Å². The van der Waals surface area contributed by atoms with Crippen LogP contribution in [0.15, 0.2) is 231 Å². The van der Waals surface area contributed by atoms with Crippen LogP contribution in [0.4, 0.5) is 17.1 Å². The number of rotatable bonds is 7. The Balaban J connectivity index is 0.901. The normalized spacial score (nSPS) is 11.6. The maximum absolute atomic E-state index is 6.70. The SMILES string of the molecule is Clc1ccc2c(c1)c1cc(-c3ccc4c(c3)c3ccccc3n4-c3ccccc3)ccc1n2-c1ccc(-c2ccc(N(c3ccccc3)c3ccc4ccccc4c3)cc2)cc1. The summed E-state index contributed by atoms with van der Waals surface area (Å²) in [5.74, 6) is 0. The minimum Gasteiger partial charge on any atom is -0.310 e. The molecule has 0 aliphatic heterocycles. The van der Waals surface area contributed by atoms with E-state index in [0.717, 1.165) is 61.0 Å². The molecule has 0 amide bonds. The van der Waals surface area contributed by atoms with E-state index in [4.69, 9.17) is 11.6 Å². The molecule has 62 heavy (non-hydrogen) atoms. The Kier molecular flexibility index (Phi) is 8.55. The molecule has 4 heteroatoms. The van der Waals surface area contributed by atoms with E-state index in [2.05, 4.69) is 238 Å². The molecule has 3 nitrogen and oxygen atoms in total. The summed E-state index contributed by atoms with van der Waals surface area (Å²) in [4.78, 5) is 2.32. The molecule has 0 bridgehead atoms. The number of nitrogens with zero attached hydrogens (tertiary/aromatic N) is 3. The summed E-state index contributed by atoms with van der Waals surface area (Å²) in [5, 5.41) is 7.95. The fourth-order valence-corrected chi connectivity index (χ4v) is 9.58. The van der Waals surface area contributed by atoms with Crippen LogP contribution >= 0.6 is 11.6 Å². The third-order valence-corrected chi connectivity index (χ3v) is 12.6. The summed E-state index contributed by atoms with van der Waals surface area (Å²) in [6, 6.07) is 82.8. The molecule has 292 valence electrons. The molecule has 0 fully saturated rings. The molecular weight excluding hydrogens is 774 g/mol. The lowest BCUT2D eigenvalue weighted by Crippen LogP contribution is -2.09. The Hall–Kier alpha value is -7.85. The van der Waals surface area contributed by atoms with Gasteiger partial charge in [-0.05, 0) is 142 Å². The first-order valence-electron chi connectivity index (χ1n) is 21.0. The van der Waals surface area contributed by atoms with Crippen molar-refractivity contribution in [1.29, 1.82) is 0 Å². The van der Waals surface area contributed by atoms with Crippen molar-refractivity contribution in [2.75, 3.05) is 4.90 Å². The molecule has 0 radical (unpaired) electrons. The average molecular weight is 812 g/mol. The van der Waals surface area contributed by atoms with E-state index in [0.29, 0.717) is 0 Å². The molecule has 10 aromatic carbocycles. The molecule has 2 heterocycles. The maximum Gasteiger partial charge on any atom is 0.0542 e. The minimum absolute atomic E-state index is 0.724. The molecule has 0 aliphatic carbocycles. The quantitative estimate of drug-likeness (QED) is 0.156. The number of hydrogen-bond acceptors (Lipinski definition) is 1. The van der Waals surface area contributed by atoms with Crippen LogP contribution in [0.2, 0.25) is 5.02 Å². The molecule has 0 atom stereocenters. The zero-order valence-corrected chi connectivity index (χ0v) is 34.4. The Bertz CT molecular complexity index is 3620. The Morgan fingerprint density at radius 2 is 0.758 bits per heavy atom. The van der Waals surface area contributed by atoms with Crippen molar-refractivity contribution < 1.29 is 0 Å². The fraction of sp³-hybridized carbons (Fsp3) is 0. The Labute approximate surface area is 364 Å². The Morgan fingerprint density at radius 3 is 1.45 bits per heavy atom. The van der Waals surface area contributed by atoms with Gasteiger partial charge < -0.3 is 14.0 Å². The van der Waals surface area contributed by atoms with Crippen LogP contribution in [-0.4, -0.2) is 9.13 Å². The van der Waals surface area contributed by atoms with Gasteiger partial charge in [0, 0.05) is 55.0 Å². The average Bonchev–Trinajstić information content (AvgIpc) is 3.84. The highest BCUT2D eigenvalue weighted by Gasteiger charge is 2.18. The molecule has 0 N–H and O–H groups in total. The highest BCUT2D eigenvalue weighted by molar-refractivity contribution is 6.32. The van der Waals surface area contributed by atoms with Crippen molar-refractivity contribution in [3.05, 3.63) is 236 Å². The lowest BCUT2D eigenvalue weighted by Gasteiger charge is -2.26. The second kappa shape index (κ2) is 14.7. The number of anilines is 3. The third kappa shape index (κ3) is 6.05. The van der Waals surface area contributed by atoms with Crippen LogP contribution in [0.3, 0.4) is 0 Å².